The van der Waals surface area contributed by atoms with E-state index < -0.39 is 11.2 Å². The molecule has 0 radical (unpaired) electrons. The molecule has 3 rings (SSSR count). The standard InChI is InChI=1S/C12H14N6O2S/c1-6-5-21-7(14-6)4-13-11-15-8-9(16-11)17(2)12(20)18(3)10(8)19/h5H,4H2,1-3H3,(H2,13,15,16). The summed E-state index contributed by atoms with van der Waals surface area (Å²) < 4.78 is 2.39. The number of thiazole rings is 1. The number of aryl methyl sites for hydroxylation is 2. The first-order valence-electron chi connectivity index (χ1n) is 6.28. The molecule has 0 aliphatic rings. The van der Waals surface area contributed by atoms with Gasteiger partial charge in [-0.2, -0.15) is 4.98 Å². The number of nitrogens with zero attached hydrogens (tertiary/aromatic N) is 4. The minimum atomic E-state index is -0.402. The van der Waals surface area contributed by atoms with E-state index >= 15 is 0 Å². The van der Waals surface area contributed by atoms with Gasteiger partial charge in [-0.3, -0.25) is 13.9 Å². The fraction of sp³-hybridized carbons (Fsp3) is 0.333. The number of H-pyrrole nitrogens is 1. The van der Waals surface area contributed by atoms with Crippen molar-refractivity contribution in [2.75, 3.05) is 5.32 Å². The van der Waals surface area contributed by atoms with Crippen molar-refractivity contribution < 1.29 is 0 Å². The fourth-order valence-electron chi connectivity index (χ4n) is 2.05. The number of anilines is 1. The maximum Gasteiger partial charge on any atom is 0.332 e. The van der Waals surface area contributed by atoms with Crippen LogP contribution in [0.5, 0.6) is 0 Å². The molecule has 0 saturated heterocycles. The van der Waals surface area contributed by atoms with Crippen LogP contribution in [0.3, 0.4) is 0 Å². The first kappa shape index (κ1) is 13.6. The van der Waals surface area contributed by atoms with Gasteiger partial charge >= 0.3 is 5.69 Å². The van der Waals surface area contributed by atoms with Crippen LogP contribution < -0.4 is 16.6 Å². The highest BCUT2D eigenvalue weighted by molar-refractivity contribution is 7.09. The van der Waals surface area contributed by atoms with E-state index in [2.05, 4.69) is 20.3 Å². The zero-order valence-electron chi connectivity index (χ0n) is 11.8. The Kier molecular flexibility index (Phi) is 3.13. The van der Waals surface area contributed by atoms with Gasteiger partial charge in [0.1, 0.15) is 5.01 Å². The zero-order valence-corrected chi connectivity index (χ0v) is 12.6. The Morgan fingerprint density at radius 1 is 1.29 bits per heavy atom. The third-order valence-electron chi connectivity index (χ3n) is 3.17. The summed E-state index contributed by atoms with van der Waals surface area (Å²) in [6.45, 7) is 2.44. The lowest BCUT2D eigenvalue weighted by Gasteiger charge is -2.00. The molecule has 0 fully saturated rings. The summed E-state index contributed by atoms with van der Waals surface area (Å²) >= 11 is 1.55. The highest BCUT2D eigenvalue weighted by Crippen LogP contribution is 2.12. The third-order valence-corrected chi connectivity index (χ3v) is 4.14. The van der Waals surface area contributed by atoms with Gasteiger partial charge in [0.2, 0.25) is 5.95 Å². The summed E-state index contributed by atoms with van der Waals surface area (Å²) in [5.41, 5.74) is 0.816. The first-order chi connectivity index (χ1) is 9.97. The minimum Gasteiger partial charge on any atom is -0.349 e. The first-order valence-corrected chi connectivity index (χ1v) is 7.16. The number of hydrogen-bond donors (Lipinski definition) is 2. The van der Waals surface area contributed by atoms with Crippen molar-refractivity contribution >= 4 is 28.4 Å². The molecule has 8 nitrogen and oxygen atoms in total. The van der Waals surface area contributed by atoms with E-state index in [4.69, 9.17) is 0 Å². The molecule has 0 atom stereocenters. The van der Waals surface area contributed by atoms with Crippen molar-refractivity contribution in [3.8, 4) is 0 Å². The van der Waals surface area contributed by atoms with Crippen LogP contribution in [-0.4, -0.2) is 24.1 Å². The van der Waals surface area contributed by atoms with Crippen LogP contribution in [0.15, 0.2) is 15.0 Å². The average Bonchev–Trinajstić information content (AvgIpc) is 3.07. The summed E-state index contributed by atoms with van der Waals surface area (Å²) in [5.74, 6) is 0.441. The van der Waals surface area contributed by atoms with Crippen molar-refractivity contribution in [3.05, 3.63) is 36.9 Å². The summed E-state index contributed by atoms with van der Waals surface area (Å²) in [6.07, 6.45) is 0. The molecule has 0 unspecified atom stereocenters. The molecular formula is C12H14N6O2S. The van der Waals surface area contributed by atoms with Crippen molar-refractivity contribution in [2.45, 2.75) is 13.5 Å². The molecule has 3 aromatic heterocycles. The van der Waals surface area contributed by atoms with E-state index in [0.29, 0.717) is 23.7 Å². The highest BCUT2D eigenvalue weighted by Gasteiger charge is 2.13. The number of rotatable bonds is 3. The third kappa shape index (κ3) is 2.25. The van der Waals surface area contributed by atoms with Crippen LogP contribution in [0.4, 0.5) is 5.95 Å². The van der Waals surface area contributed by atoms with Crippen LogP contribution in [-0.2, 0) is 20.6 Å². The second kappa shape index (κ2) is 4.85. The quantitative estimate of drug-likeness (QED) is 0.727. The van der Waals surface area contributed by atoms with Crippen LogP contribution >= 0.6 is 11.3 Å². The summed E-state index contributed by atoms with van der Waals surface area (Å²) in [6, 6.07) is 0. The maximum absolute atomic E-state index is 12.0. The normalized spacial score (nSPS) is 11.2. The molecule has 0 saturated carbocycles. The lowest BCUT2D eigenvalue weighted by atomic mass is 10.5. The number of imidazole rings is 1. The van der Waals surface area contributed by atoms with Gasteiger partial charge in [0.25, 0.3) is 5.56 Å². The summed E-state index contributed by atoms with van der Waals surface area (Å²) in [7, 11) is 3.02. The van der Waals surface area contributed by atoms with Gasteiger partial charge in [0.05, 0.1) is 6.54 Å². The Bertz CT molecular complexity index is 932. The Morgan fingerprint density at radius 3 is 2.71 bits per heavy atom. The molecule has 110 valence electrons. The van der Waals surface area contributed by atoms with Gasteiger partial charge in [-0.1, -0.05) is 0 Å². The average molecular weight is 306 g/mol. The van der Waals surface area contributed by atoms with E-state index in [1.54, 1.807) is 18.4 Å². The van der Waals surface area contributed by atoms with E-state index in [9.17, 15) is 9.59 Å². The lowest BCUT2D eigenvalue weighted by Crippen LogP contribution is -2.36. The van der Waals surface area contributed by atoms with Gasteiger partial charge in [0.15, 0.2) is 11.2 Å². The molecule has 0 bridgehead atoms. The van der Waals surface area contributed by atoms with E-state index in [-0.39, 0.29) is 0 Å². The van der Waals surface area contributed by atoms with Crippen LogP contribution in [0.25, 0.3) is 11.2 Å². The van der Waals surface area contributed by atoms with Gasteiger partial charge < -0.3 is 10.3 Å². The SMILES string of the molecule is Cc1csc(CNc2nc3c([nH]2)c(=O)n(C)c(=O)n3C)n1. The number of aromatic amines is 1. The van der Waals surface area contributed by atoms with Crippen LogP contribution in [0.2, 0.25) is 0 Å². The summed E-state index contributed by atoms with van der Waals surface area (Å²) in [4.78, 5) is 35.4. The second-order valence-electron chi connectivity index (χ2n) is 4.73. The van der Waals surface area contributed by atoms with Crippen molar-refractivity contribution in [3.63, 3.8) is 0 Å². The van der Waals surface area contributed by atoms with E-state index in [0.717, 1.165) is 15.3 Å². The molecule has 0 aliphatic heterocycles. The largest absolute Gasteiger partial charge is 0.349 e. The van der Waals surface area contributed by atoms with Crippen molar-refractivity contribution in [2.24, 2.45) is 14.1 Å². The predicted molar refractivity (Wildman–Crippen MR) is 80.8 cm³/mol. The fourth-order valence-corrected chi connectivity index (χ4v) is 2.76. The van der Waals surface area contributed by atoms with Gasteiger partial charge in [-0.05, 0) is 6.92 Å². The van der Waals surface area contributed by atoms with Gasteiger partial charge in [-0.15, -0.1) is 11.3 Å². The van der Waals surface area contributed by atoms with Crippen LogP contribution in [0.1, 0.15) is 10.7 Å². The van der Waals surface area contributed by atoms with Crippen molar-refractivity contribution in [1.82, 2.24) is 24.1 Å². The van der Waals surface area contributed by atoms with Crippen LogP contribution in [0, 0.1) is 6.92 Å². The zero-order chi connectivity index (χ0) is 15.1. The predicted octanol–water partition coefficient (Wildman–Crippen LogP) is 0.337. The molecule has 3 aromatic rings. The molecule has 0 aliphatic carbocycles. The number of fused-ring (bicyclic) bond motifs is 1. The number of nitrogens with one attached hydrogen (secondary N) is 2. The molecule has 3 heterocycles. The summed E-state index contributed by atoms with van der Waals surface area (Å²) in [5, 5.41) is 5.97. The Balaban J connectivity index is 1.98. The molecule has 0 spiro atoms. The van der Waals surface area contributed by atoms with Gasteiger partial charge in [0, 0.05) is 25.2 Å². The smallest absolute Gasteiger partial charge is 0.332 e. The minimum absolute atomic E-state index is 0.303. The second-order valence-corrected chi connectivity index (χ2v) is 5.67. The van der Waals surface area contributed by atoms with Crippen molar-refractivity contribution in [1.29, 1.82) is 0 Å². The van der Waals surface area contributed by atoms with E-state index in [1.807, 2.05) is 12.3 Å². The Hall–Kier alpha value is -2.42. The lowest BCUT2D eigenvalue weighted by molar-refractivity contribution is 0.709. The highest BCUT2D eigenvalue weighted by atomic mass is 32.1. The molecule has 9 heteroatoms. The monoisotopic (exact) mass is 306 g/mol. The molecule has 0 aromatic carbocycles. The maximum atomic E-state index is 12.0. The molecule has 2 N–H and O–H groups in total. The topological polar surface area (TPSA) is 97.6 Å². The molecular weight excluding hydrogens is 292 g/mol. The molecule has 21 heavy (non-hydrogen) atoms. The number of aromatic nitrogens is 5. The Morgan fingerprint density at radius 2 is 2.05 bits per heavy atom. The van der Waals surface area contributed by atoms with Gasteiger partial charge in [-0.25, -0.2) is 9.78 Å². The number of hydrogen-bond acceptors (Lipinski definition) is 6. The van der Waals surface area contributed by atoms with E-state index in [1.165, 1.54) is 11.6 Å². The molecule has 0 amide bonds. The Labute approximate surface area is 123 Å².